The van der Waals surface area contributed by atoms with Crippen LogP contribution in [0.1, 0.15) is 30.0 Å². The summed E-state index contributed by atoms with van der Waals surface area (Å²) < 4.78 is 30.0. The first-order chi connectivity index (χ1) is 11.8. The molecule has 0 aliphatic heterocycles. The number of hydrogen-bond acceptors (Lipinski definition) is 4. The van der Waals surface area contributed by atoms with Crippen LogP contribution < -0.4 is 9.57 Å². The summed E-state index contributed by atoms with van der Waals surface area (Å²) in [5.74, 6) is 0.594. The molecule has 0 aromatic heterocycles. The Morgan fingerprint density at radius 2 is 1.92 bits per heavy atom. The average Bonchev–Trinajstić information content (AvgIpc) is 2.56. The molecule has 134 valence electrons. The molecule has 0 amide bonds. The standard InChI is InChI=1S/C18H21ClN2O3S/c1-4-9-24-18-8-6-15(11-17(18)19)12-20-21-25(22,23)16-7-5-13(2)14(3)10-16/h5-8,10-12,21H,4,9H2,1-3H3/b20-12+. The number of rotatable bonds is 7. The number of hydrogen-bond donors (Lipinski definition) is 1. The fraction of sp³-hybridized carbons (Fsp3) is 0.278. The Bertz CT molecular complexity index is 880. The van der Waals surface area contributed by atoms with Crippen molar-refractivity contribution in [2.24, 2.45) is 5.10 Å². The van der Waals surface area contributed by atoms with Crippen LogP contribution in [0.3, 0.4) is 0 Å². The van der Waals surface area contributed by atoms with Crippen LogP contribution in [0.5, 0.6) is 5.75 Å². The second-order valence-electron chi connectivity index (χ2n) is 5.64. The van der Waals surface area contributed by atoms with Crippen molar-refractivity contribution in [3.63, 3.8) is 0 Å². The van der Waals surface area contributed by atoms with Crippen molar-refractivity contribution in [3.8, 4) is 5.75 Å². The maximum atomic E-state index is 12.3. The number of halogens is 1. The van der Waals surface area contributed by atoms with Crippen molar-refractivity contribution in [2.45, 2.75) is 32.1 Å². The van der Waals surface area contributed by atoms with E-state index in [9.17, 15) is 8.42 Å². The van der Waals surface area contributed by atoms with Crippen LogP contribution in [-0.4, -0.2) is 21.2 Å². The van der Waals surface area contributed by atoms with Gasteiger partial charge >= 0.3 is 0 Å². The minimum Gasteiger partial charge on any atom is -0.492 e. The Morgan fingerprint density at radius 1 is 1.16 bits per heavy atom. The molecule has 0 saturated heterocycles. The topological polar surface area (TPSA) is 67.8 Å². The van der Waals surface area contributed by atoms with Gasteiger partial charge in [0.05, 0.1) is 22.7 Å². The second-order valence-corrected chi connectivity index (χ2v) is 7.71. The molecular weight excluding hydrogens is 360 g/mol. The van der Waals surface area contributed by atoms with Gasteiger partial charge in [-0.3, -0.25) is 0 Å². The molecule has 5 nitrogen and oxygen atoms in total. The third kappa shape index (κ3) is 5.21. The highest BCUT2D eigenvalue weighted by Gasteiger charge is 2.13. The Balaban J connectivity index is 2.09. The van der Waals surface area contributed by atoms with Crippen LogP contribution in [0.2, 0.25) is 5.02 Å². The quantitative estimate of drug-likeness (QED) is 0.581. The van der Waals surface area contributed by atoms with E-state index in [0.29, 0.717) is 22.9 Å². The fourth-order valence-electron chi connectivity index (χ4n) is 2.03. The molecule has 0 unspecified atom stereocenters. The Labute approximate surface area is 153 Å². The SMILES string of the molecule is CCCOc1ccc(/C=N/NS(=O)(=O)c2ccc(C)c(C)c2)cc1Cl. The van der Waals surface area contributed by atoms with Gasteiger partial charge in [0.25, 0.3) is 10.0 Å². The summed E-state index contributed by atoms with van der Waals surface area (Å²) in [4.78, 5) is 2.38. The van der Waals surface area contributed by atoms with Gasteiger partial charge in [-0.1, -0.05) is 24.6 Å². The van der Waals surface area contributed by atoms with Crippen molar-refractivity contribution in [1.29, 1.82) is 0 Å². The van der Waals surface area contributed by atoms with Crippen molar-refractivity contribution in [1.82, 2.24) is 4.83 Å². The van der Waals surface area contributed by atoms with E-state index < -0.39 is 10.0 Å². The molecule has 1 N–H and O–H groups in total. The zero-order chi connectivity index (χ0) is 18.4. The predicted molar refractivity (Wildman–Crippen MR) is 101 cm³/mol. The van der Waals surface area contributed by atoms with Gasteiger partial charge in [-0.25, -0.2) is 4.83 Å². The lowest BCUT2D eigenvalue weighted by molar-refractivity contribution is 0.317. The maximum absolute atomic E-state index is 12.3. The minimum absolute atomic E-state index is 0.175. The molecule has 0 heterocycles. The van der Waals surface area contributed by atoms with E-state index in [1.165, 1.54) is 6.21 Å². The number of ether oxygens (including phenoxy) is 1. The van der Waals surface area contributed by atoms with E-state index in [1.807, 2.05) is 20.8 Å². The first kappa shape index (κ1) is 19.3. The summed E-state index contributed by atoms with van der Waals surface area (Å²) >= 11 is 6.14. The summed E-state index contributed by atoms with van der Waals surface area (Å²) in [5.41, 5.74) is 2.60. The van der Waals surface area contributed by atoms with Gasteiger partial charge < -0.3 is 4.74 Å². The van der Waals surface area contributed by atoms with Crippen LogP contribution in [0.25, 0.3) is 0 Å². The lowest BCUT2D eigenvalue weighted by atomic mass is 10.1. The van der Waals surface area contributed by atoms with Crippen LogP contribution in [0, 0.1) is 13.8 Å². The lowest BCUT2D eigenvalue weighted by Crippen LogP contribution is -2.18. The summed E-state index contributed by atoms with van der Waals surface area (Å²) in [6.07, 6.45) is 2.29. The van der Waals surface area contributed by atoms with Crippen molar-refractivity contribution in [3.05, 3.63) is 58.1 Å². The fourth-order valence-corrected chi connectivity index (χ4v) is 3.15. The Morgan fingerprint density at radius 3 is 2.56 bits per heavy atom. The highest BCUT2D eigenvalue weighted by Crippen LogP contribution is 2.25. The lowest BCUT2D eigenvalue weighted by Gasteiger charge is -2.07. The first-order valence-corrected chi connectivity index (χ1v) is 9.74. The van der Waals surface area contributed by atoms with Gasteiger partial charge in [-0.15, -0.1) is 0 Å². The molecule has 0 radical (unpaired) electrons. The molecule has 0 atom stereocenters. The smallest absolute Gasteiger partial charge is 0.276 e. The molecule has 2 aromatic rings. The number of nitrogens with zero attached hydrogens (tertiary/aromatic N) is 1. The zero-order valence-electron chi connectivity index (χ0n) is 14.4. The second kappa shape index (κ2) is 8.36. The molecular formula is C18H21ClN2O3S. The van der Waals surface area contributed by atoms with Gasteiger partial charge in [0.15, 0.2) is 0 Å². The molecule has 25 heavy (non-hydrogen) atoms. The first-order valence-electron chi connectivity index (χ1n) is 7.88. The number of hydrazone groups is 1. The number of sulfonamides is 1. The molecule has 0 saturated carbocycles. The third-order valence-corrected chi connectivity index (χ3v) is 5.11. The largest absolute Gasteiger partial charge is 0.492 e. The molecule has 0 aliphatic carbocycles. The van der Waals surface area contributed by atoms with E-state index in [-0.39, 0.29) is 4.90 Å². The van der Waals surface area contributed by atoms with E-state index >= 15 is 0 Å². The minimum atomic E-state index is -3.71. The summed E-state index contributed by atoms with van der Waals surface area (Å²) in [6.45, 7) is 6.39. The van der Waals surface area contributed by atoms with E-state index in [0.717, 1.165) is 17.5 Å². The van der Waals surface area contributed by atoms with E-state index in [1.54, 1.807) is 36.4 Å². The van der Waals surface area contributed by atoms with E-state index in [4.69, 9.17) is 16.3 Å². The van der Waals surface area contributed by atoms with Crippen LogP contribution in [0.15, 0.2) is 46.4 Å². The normalized spacial score (nSPS) is 11.7. The molecule has 0 fully saturated rings. The highest BCUT2D eigenvalue weighted by molar-refractivity contribution is 7.89. The molecule has 0 spiro atoms. The molecule has 2 aromatic carbocycles. The van der Waals surface area contributed by atoms with Crippen LogP contribution in [-0.2, 0) is 10.0 Å². The van der Waals surface area contributed by atoms with Gasteiger partial charge in [0.1, 0.15) is 5.75 Å². The van der Waals surface area contributed by atoms with Crippen molar-refractivity contribution >= 4 is 27.8 Å². The van der Waals surface area contributed by atoms with Gasteiger partial charge in [-0.2, -0.15) is 13.5 Å². The van der Waals surface area contributed by atoms with Gasteiger partial charge in [0, 0.05) is 0 Å². The average molecular weight is 381 g/mol. The monoisotopic (exact) mass is 380 g/mol. The van der Waals surface area contributed by atoms with E-state index in [2.05, 4.69) is 9.93 Å². The number of nitrogens with one attached hydrogen (secondary N) is 1. The molecule has 0 bridgehead atoms. The molecule has 0 aliphatic rings. The van der Waals surface area contributed by atoms with Gasteiger partial charge in [-0.05, 0) is 67.3 Å². The van der Waals surface area contributed by atoms with Crippen LogP contribution >= 0.6 is 11.6 Å². The Kier molecular flexibility index (Phi) is 6.45. The summed E-state index contributed by atoms with van der Waals surface area (Å²) in [6, 6.07) is 10.1. The third-order valence-electron chi connectivity index (χ3n) is 3.59. The Hall–Kier alpha value is -2.05. The maximum Gasteiger partial charge on any atom is 0.276 e. The summed E-state index contributed by atoms with van der Waals surface area (Å²) in [5, 5.41) is 4.27. The van der Waals surface area contributed by atoms with Crippen molar-refractivity contribution in [2.75, 3.05) is 6.61 Å². The van der Waals surface area contributed by atoms with Crippen molar-refractivity contribution < 1.29 is 13.2 Å². The zero-order valence-corrected chi connectivity index (χ0v) is 16.0. The highest BCUT2D eigenvalue weighted by atomic mass is 35.5. The van der Waals surface area contributed by atoms with Crippen LogP contribution in [0.4, 0.5) is 0 Å². The number of aryl methyl sites for hydroxylation is 2. The molecule has 7 heteroatoms. The number of benzene rings is 2. The molecule has 2 rings (SSSR count). The predicted octanol–water partition coefficient (Wildman–Crippen LogP) is 4.06. The van der Waals surface area contributed by atoms with Gasteiger partial charge in [0.2, 0.25) is 0 Å². The summed E-state index contributed by atoms with van der Waals surface area (Å²) in [7, 11) is -3.71.